The first-order valence-corrected chi connectivity index (χ1v) is 10.3. The van der Waals surface area contributed by atoms with Gasteiger partial charge in [0.15, 0.2) is 0 Å². The van der Waals surface area contributed by atoms with E-state index in [-0.39, 0.29) is 0 Å². The van der Waals surface area contributed by atoms with Gasteiger partial charge in [0, 0.05) is 17.1 Å². The number of anilines is 2. The minimum absolute atomic E-state index is 0.841. The monoisotopic (exact) mass is 406 g/mol. The van der Waals surface area contributed by atoms with Gasteiger partial charge >= 0.3 is 0 Å². The molecule has 0 saturated carbocycles. The highest BCUT2D eigenvalue weighted by molar-refractivity contribution is 5.78. The molecule has 0 unspecified atom stereocenters. The zero-order valence-corrected chi connectivity index (χ0v) is 19.9. The van der Waals surface area contributed by atoms with E-state index in [4.69, 9.17) is 11.5 Å². The Labute approximate surface area is 178 Å². The molecule has 0 atom stereocenters. The minimum atomic E-state index is 0.841. The maximum absolute atomic E-state index is 6.11. The fraction of sp³-hybridized carbons (Fsp3) is 0.417. The zero-order chi connectivity index (χ0) is 22.7. The van der Waals surface area contributed by atoms with Gasteiger partial charge in [0.2, 0.25) is 0 Å². The van der Waals surface area contributed by atoms with Crippen LogP contribution in [0.2, 0.25) is 0 Å². The van der Waals surface area contributed by atoms with Crippen molar-refractivity contribution in [3.05, 3.63) is 56.5 Å². The smallest absolute Gasteiger partial charge is 0.111 e. The standard InChI is InChI=1S/2C12H17N3/c1-6-9(4)15-10(5)7(2)14-8(3)12(15)11(6)13;1-6-7(2)12(13)15-10(5)8(3)14-9(4)11(6)15/h2*13H2,1-5H3. The molecule has 0 fully saturated rings. The molecule has 0 amide bonds. The zero-order valence-electron chi connectivity index (χ0n) is 19.9. The summed E-state index contributed by atoms with van der Waals surface area (Å²) in [5, 5.41) is 0. The number of hydrogen-bond acceptors (Lipinski definition) is 4. The molecule has 160 valence electrons. The lowest BCUT2D eigenvalue weighted by molar-refractivity contribution is 0.947. The van der Waals surface area contributed by atoms with Crippen LogP contribution in [0.5, 0.6) is 0 Å². The van der Waals surface area contributed by atoms with Crippen LogP contribution in [-0.2, 0) is 0 Å². The molecule has 0 aromatic carbocycles. The third-order valence-electron chi connectivity index (χ3n) is 6.60. The van der Waals surface area contributed by atoms with E-state index in [1.807, 2.05) is 27.7 Å². The van der Waals surface area contributed by atoms with Crippen LogP contribution in [0.15, 0.2) is 0 Å². The molecule has 4 aromatic rings. The molecule has 6 heteroatoms. The second-order valence-electron chi connectivity index (χ2n) is 8.36. The fourth-order valence-electron chi connectivity index (χ4n) is 4.31. The Morgan fingerprint density at radius 1 is 0.500 bits per heavy atom. The normalized spacial score (nSPS) is 11.3. The van der Waals surface area contributed by atoms with Crippen molar-refractivity contribution >= 4 is 22.5 Å². The highest BCUT2D eigenvalue weighted by Gasteiger charge is 2.16. The Bertz CT molecular complexity index is 1200. The summed E-state index contributed by atoms with van der Waals surface area (Å²) in [7, 11) is 0. The topological polar surface area (TPSA) is 86.6 Å². The van der Waals surface area contributed by atoms with Crippen molar-refractivity contribution in [2.45, 2.75) is 69.2 Å². The quantitative estimate of drug-likeness (QED) is 0.434. The SMILES string of the molecule is Cc1nc(C)c2c(C)c(C)c(N)n2c1C.Cc1nc(C)c2c(N)c(C)c(C)n2c1C. The first-order valence-electron chi connectivity index (χ1n) is 10.3. The van der Waals surface area contributed by atoms with E-state index in [0.29, 0.717) is 0 Å². The summed E-state index contributed by atoms with van der Waals surface area (Å²) < 4.78 is 4.32. The van der Waals surface area contributed by atoms with Gasteiger partial charge in [-0.2, -0.15) is 0 Å². The minimum Gasteiger partial charge on any atom is -0.397 e. The third-order valence-corrected chi connectivity index (χ3v) is 6.60. The number of rotatable bonds is 0. The van der Waals surface area contributed by atoms with Gasteiger partial charge in [-0.25, -0.2) is 0 Å². The van der Waals surface area contributed by atoms with Gasteiger partial charge in [0.1, 0.15) is 5.82 Å². The van der Waals surface area contributed by atoms with Crippen molar-refractivity contribution in [1.29, 1.82) is 0 Å². The summed E-state index contributed by atoms with van der Waals surface area (Å²) in [6.07, 6.45) is 0. The average molecular weight is 407 g/mol. The van der Waals surface area contributed by atoms with Gasteiger partial charge in [-0.15, -0.1) is 0 Å². The van der Waals surface area contributed by atoms with E-state index >= 15 is 0 Å². The summed E-state index contributed by atoms with van der Waals surface area (Å²) in [4.78, 5) is 9.06. The molecule has 0 bridgehead atoms. The van der Waals surface area contributed by atoms with Crippen LogP contribution in [0, 0.1) is 69.2 Å². The summed E-state index contributed by atoms with van der Waals surface area (Å²) >= 11 is 0. The van der Waals surface area contributed by atoms with Crippen molar-refractivity contribution in [1.82, 2.24) is 18.8 Å². The van der Waals surface area contributed by atoms with Gasteiger partial charge in [0.25, 0.3) is 0 Å². The summed E-state index contributed by atoms with van der Waals surface area (Å²) in [5.74, 6) is 0.841. The number of fused-ring (bicyclic) bond motifs is 2. The predicted octanol–water partition coefficient (Wildman–Crippen LogP) is 4.92. The molecule has 0 radical (unpaired) electrons. The molecular weight excluding hydrogens is 372 g/mol. The van der Waals surface area contributed by atoms with E-state index in [1.165, 1.54) is 17.0 Å². The lowest BCUT2D eigenvalue weighted by Gasteiger charge is -2.09. The molecule has 0 aliphatic heterocycles. The lowest BCUT2D eigenvalue weighted by atomic mass is 10.2. The molecule has 4 heterocycles. The summed E-state index contributed by atoms with van der Waals surface area (Å²) in [6, 6.07) is 0. The number of aromatic nitrogens is 4. The van der Waals surface area contributed by atoms with Crippen molar-refractivity contribution in [2.24, 2.45) is 0 Å². The van der Waals surface area contributed by atoms with Crippen LogP contribution < -0.4 is 11.5 Å². The van der Waals surface area contributed by atoms with Crippen molar-refractivity contribution in [2.75, 3.05) is 11.5 Å². The van der Waals surface area contributed by atoms with Gasteiger partial charge in [-0.3, -0.25) is 14.4 Å². The van der Waals surface area contributed by atoms with Crippen LogP contribution in [0.25, 0.3) is 11.0 Å². The Morgan fingerprint density at radius 3 is 1.50 bits per heavy atom. The van der Waals surface area contributed by atoms with Crippen molar-refractivity contribution in [3.8, 4) is 0 Å². The van der Waals surface area contributed by atoms with E-state index < -0.39 is 0 Å². The van der Waals surface area contributed by atoms with Gasteiger partial charge < -0.3 is 15.9 Å². The Kier molecular flexibility index (Phi) is 5.31. The van der Waals surface area contributed by atoms with Crippen LogP contribution in [-0.4, -0.2) is 18.8 Å². The first kappa shape index (κ1) is 21.7. The Balaban J connectivity index is 0.000000171. The van der Waals surface area contributed by atoms with Gasteiger partial charge in [0.05, 0.1) is 39.5 Å². The fourth-order valence-corrected chi connectivity index (χ4v) is 4.31. The van der Waals surface area contributed by atoms with Crippen LogP contribution in [0.4, 0.5) is 11.5 Å². The second-order valence-corrected chi connectivity index (χ2v) is 8.36. The van der Waals surface area contributed by atoms with Crippen LogP contribution in [0.1, 0.15) is 56.5 Å². The molecule has 0 saturated heterocycles. The molecule has 4 rings (SSSR count). The molecule has 4 N–H and O–H groups in total. The van der Waals surface area contributed by atoms with Crippen molar-refractivity contribution < 1.29 is 0 Å². The Hall–Kier alpha value is -3.02. The molecule has 0 aliphatic rings. The molecule has 30 heavy (non-hydrogen) atoms. The predicted molar refractivity (Wildman–Crippen MR) is 127 cm³/mol. The highest BCUT2D eigenvalue weighted by Crippen LogP contribution is 2.29. The number of hydrogen-bond donors (Lipinski definition) is 2. The summed E-state index contributed by atoms with van der Waals surface area (Å²) in [5.41, 5.74) is 26.5. The largest absolute Gasteiger partial charge is 0.397 e. The number of nitrogens with two attached hydrogens (primary N) is 2. The molecule has 0 aliphatic carbocycles. The maximum Gasteiger partial charge on any atom is 0.111 e. The number of nitrogens with zero attached hydrogens (tertiary/aromatic N) is 4. The van der Waals surface area contributed by atoms with Gasteiger partial charge in [-0.1, -0.05) is 0 Å². The number of nitrogen functional groups attached to an aromatic ring is 2. The van der Waals surface area contributed by atoms with E-state index in [0.717, 1.165) is 62.1 Å². The molecular formula is C24H34N6. The lowest BCUT2D eigenvalue weighted by Crippen LogP contribution is -2.03. The molecule has 4 aromatic heterocycles. The highest BCUT2D eigenvalue weighted by atomic mass is 15.0. The van der Waals surface area contributed by atoms with E-state index in [9.17, 15) is 0 Å². The molecule has 6 nitrogen and oxygen atoms in total. The third kappa shape index (κ3) is 3.02. The van der Waals surface area contributed by atoms with Crippen LogP contribution >= 0.6 is 0 Å². The Morgan fingerprint density at radius 2 is 0.967 bits per heavy atom. The number of aryl methyl sites for hydroxylation is 8. The second kappa shape index (κ2) is 7.35. The first-order chi connectivity index (χ1) is 13.9. The van der Waals surface area contributed by atoms with Crippen LogP contribution in [0.3, 0.4) is 0 Å². The summed E-state index contributed by atoms with van der Waals surface area (Å²) in [6.45, 7) is 20.6. The maximum atomic E-state index is 6.11. The van der Waals surface area contributed by atoms with Gasteiger partial charge in [-0.05, 0) is 85.9 Å². The van der Waals surface area contributed by atoms with Crippen molar-refractivity contribution in [3.63, 3.8) is 0 Å². The molecule has 0 spiro atoms. The van der Waals surface area contributed by atoms with E-state index in [2.05, 4.69) is 60.3 Å². The van der Waals surface area contributed by atoms with E-state index in [1.54, 1.807) is 0 Å². The average Bonchev–Trinajstić information content (AvgIpc) is 3.05.